The van der Waals surface area contributed by atoms with Gasteiger partial charge in [-0.15, -0.1) is 0 Å². The van der Waals surface area contributed by atoms with E-state index in [0.717, 1.165) is 0 Å². The Morgan fingerprint density at radius 2 is 1.74 bits per heavy atom. The van der Waals surface area contributed by atoms with Crippen molar-refractivity contribution in [3.8, 4) is 0 Å². The van der Waals surface area contributed by atoms with E-state index in [0.29, 0.717) is 16.8 Å². The Labute approximate surface area is 138 Å². The number of hydrogen-bond acceptors (Lipinski definition) is 5. The molecule has 0 aliphatic heterocycles. The molecule has 0 N–H and O–H groups in total. The fourth-order valence-electron chi connectivity index (χ4n) is 1.87. The molecule has 1 unspecified atom stereocenters. The van der Waals surface area contributed by atoms with Gasteiger partial charge in [-0.05, 0) is 19.1 Å². The fourth-order valence-corrected chi connectivity index (χ4v) is 1.98. The third kappa shape index (κ3) is 4.47. The van der Waals surface area contributed by atoms with E-state index < -0.39 is 11.5 Å². The molecule has 5 nitrogen and oxygen atoms in total. The van der Waals surface area contributed by atoms with Crippen LogP contribution in [0.15, 0.2) is 64.8 Å². The summed E-state index contributed by atoms with van der Waals surface area (Å²) < 4.78 is 4.75. The van der Waals surface area contributed by atoms with E-state index in [1.165, 1.54) is 0 Å². The van der Waals surface area contributed by atoms with Crippen molar-refractivity contribution >= 4 is 29.0 Å². The van der Waals surface area contributed by atoms with Crippen LogP contribution in [0.3, 0.4) is 0 Å². The van der Waals surface area contributed by atoms with E-state index in [1.54, 1.807) is 55.5 Å². The quantitative estimate of drug-likeness (QED) is 0.263. The summed E-state index contributed by atoms with van der Waals surface area (Å²) >= 11 is 5.79. The van der Waals surface area contributed by atoms with Crippen molar-refractivity contribution in [2.45, 2.75) is 12.4 Å². The van der Waals surface area contributed by atoms with Gasteiger partial charge < -0.3 is 4.74 Å². The molecule has 0 fully saturated rings. The Morgan fingerprint density at radius 1 is 1.09 bits per heavy atom. The first-order valence-electron chi connectivity index (χ1n) is 7.03. The zero-order valence-electron chi connectivity index (χ0n) is 12.5. The number of ketones is 1. The summed E-state index contributed by atoms with van der Waals surface area (Å²) in [5, 5.41) is 7.64. The molecule has 2 aromatic carbocycles. The van der Waals surface area contributed by atoms with Crippen LogP contribution in [-0.2, 0) is 9.53 Å². The molecule has 23 heavy (non-hydrogen) atoms. The molecule has 1 atom stereocenters. The van der Waals surface area contributed by atoms with Gasteiger partial charge in [0.15, 0.2) is 5.78 Å². The molecule has 2 rings (SSSR count). The van der Waals surface area contributed by atoms with Crippen molar-refractivity contribution in [1.29, 1.82) is 0 Å². The molecule has 0 spiro atoms. The topological polar surface area (TPSA) is 68.1 Å². The molecule has 2 aromatic rings. The smallest absolute Gasteiger partial charge is 0.348 e. The molecule has 0 amide bonds. The molecule has 0 radical (unpaired) electrons. The van der Waals surface area contributed by atoms with Crippen molar-refractivity contribution in [3.63, 3.8) is 0 Å². The van der Waals surface area contributed by atoms with Gasteiger partial charge in [-0.2, -0.15) is 10.2 Å². The highest BCUT2D eigenvalue weighted by Crippen LogP contribution is 2.23. The molecule has 0 bridgehead atoms. The number of esters is 1. The van der Waals surface area contributed by atoms with Gasteiger partial charge in [-0.25, -0.2) is 4.79 Å². The van der Waals surface area contributed by atoms with Crippen LogP contribution in [-0.4, -0.2) is 23.9 Å². The number of rotatable bonds is 6. The normalized spacial score (nSPS) is 12.1. The number of carbonyl (C=O) groups is 2. The van der Waals surface area contributed by atoms with Crippen LogP contribution in [0.5, 0.6) is 0 Å². The minimum Gasteiger partial charge on any atom is -0.463 e. The number of halogens is 1. The maximum Gasteiger partial charge on any atom is 0.348 e. The summed E-state index contributed by atoms with van der Waals surface area (Å²) in [4.78, 5) is 24.0. The summed E-state index contributed by atoms with van der Waals surface area (Å²) in [7, 11) is 0. The Morgan fingerprint density at radius 3 is 2.43 bits per heavy atom. The first-order valence-corrected chi connectivity index (χ1v) is 7.47. The first kappa shape index (κ1) is 16.8. The second-order valence-corrected chi connectivity index (χ2v) is 4.93. The maximum absolute atomic E-state index is 12.5. The highest BCUT2D eigenvalue weighted by atomic mass is 35.5. The lowest BCUT2D eigenvalue weighted by Crippen LogP contribution is -2.15. The SMILES string of the molecule is CCOC(=O)C(Cl)N=Nc1ccccc1C(=O)c1ccccc1. The number of azo groups is 1. The van der Waals surface area contributed by atoms with Gasteiger partial charge in [0, 0.05) is 5.56 Å². The van der Waals surface area contributed by atoms with Gasteiger partial charge in [0.25, 0.3) is 0 Å². The number of nitrogens with zero attached hydrogens (tertiary/aromatic N) is 2. The van der Waals surface area contributed by atoms with Crippen molar-refractivity contribution in [2.75, 3.05) is 6.61 Å². The second kappa shape index (κ2) is 8.19. The zero-order chi connectivity index (χ0) is 16.7. The van der Waals surface area contributed by atoms with Gasteiger partial charge in [0.1, 0.15) is 0 Å². The number of ether oxygens (including phenoxy) is 1. The van der Waals surface area contributed by atoms with Crippen molar-refractivity contribution < 1.29 is 14.3 Å². The van der Waals surface area contributed by atoms with Gasteiger partial charge in [-0.3, -0.25) is 4.79 Å². The predicted molar refractivity (Wildman–Crippen MR) is 87.1 cm³/mol. The monoisotopic (exact) mass is 330 g/mol. The third-order valence-electron chi connectivity index (χ3n) is 2.93. The van der Waals surface area contributed by atoms with Crippen molar-refractivity contribution in [1.82, 2.24) is 0 Å². The molecule has 0 aliphatic rings. The van der Waals surface area contributed by atoms with Crippen LogP contribution in [0, 0.1) is 0 Å². The molecule has 0 saturated carbocycles. The molecule has 118 valence electrons. The number of carbonyl (C=O) groups excluding carboxylic acids is 2. The fraction of sp³-hybridized carbons (Fsp3) is 0.176. The second-order valence-electron chi connectivity index (χ2n) is 4.52. The minimum absolute atomic E-state index is 0.178. The van der Waals surface area contributed by atoms with Gasteiger partial charge in [0.2, 0.25) is 5.50 Å². The largest absolute Gasteiger partial charge is 0.463 e. The van der Waals surface area contributed by atoms with Crippen LogP contribution >= 0.6 is 11.6 Å². The summed E-state index contributed by atoms with van der Waals surface area (Å²) in [5.41, 5.74) is 0.0317. The molecular weight excluding hydrogens is 316 g/mol. The minimum atomic E-state index is -1.24. The van der Waals surface area contributed by atoms with Gasteiger partial charge >= 0.3 is 5.97 Å². The van der Waals surface area contributed by atoms with Crippen LogP contribution in [0.4, 0.5) is 5.69 Å². The van der Waals surface area contributed by atoms with Crippen LogP contribution < -0.4 is 0 Å². The molecule has 0 aromatic heterocycles. The summed E-state index contributed by atoms with van der Waals surface area (Å²) in [6.07, 6.45) is 0. The Balaban J connectivity index is 2.24. The summed E-state index contributed by atoms with van der Waals surface area (Å²) in [5.74, 6) is -0.854. The van der Waals surface area contributed by atoms with Crippen LogP contribution in [0.2, 0.25) is 0 Å². The Kier molecular flexibility index (Phi) is 6.00. The number of hydrogen-bond donors (Lipinski definition) is 0. The van der Waals surface area contributed by atoms with E-state index >= 15 is 0 Å². The highest BCUT2D eigenvalue weighted by molar-refractivity contribution is 6.29. The van der Waals surface area contributed by atoms with E-state index in [4.69, 9.17) is 16.3 Å². The van der Waals surface area contributed by atoms with E-state index in [1.807, 2.05) is 6.07 Å². The lowest BCUT2D eigenvalue weighted by Gasteiger charge is -2.05. The van der Waals surface area contributed by atoms with Crippen LogP contribution in [0.25, 0.3) is 0 Å². The highest BCUT2D eigenvalue weighted by Gasteiger charge is 2.17. The first-order chi connectivity index (χ1) is 11.1. The lowest BCUT2D eigenvalue weighted by atomic mass is 10.0. The van der Waals surface area contributed by atoms with Crippen LogP contribution in [0.1, 0.15) is 22.8 Å². The van der Waals surface area contributed by atoms with E-state index in [2.05, 4.69) is 10.2 Å². The molecule has 0 saturated heterocycles. The third-order valence-corrected chi connectivity index (χ3v) is 3.20. The molecule has 6 heteroatoms. The Bertz CT molecular complexity index is 717. The van der Waals surface area contributed by atoms with E-state index in [-0.39, 0.29) is 12.4 Å². The standard InChI is InChI=1S/C17H15ClN2O3/c1-2-23-17(22)16(18)20-19-14-11-7-6-10-13(14)15(21)12-8-4-3-5-9-12/h3-11,16H,2H2,1H3. The average molecular weight is 331 g/mol. The Hall–Kier alpha value is -2.53. The van der Waals surface area contributed by atoms with E-state index in [9.17, 15) is 9.59 Å². The maximum atomic E-state index is 12.5. The zero-order valence-corrected chi connectivity index (χ0v) is 13.2. The van der Waals surface area contributed by atoms with Gasteiger partial charge in [0.05, 0.1) is 17.9 Å². The number of alkyl halides is 1. The number of benzene rings is 2. The molecular formula is C17H15ClN2O3. The average Bonchev–Trinajstić information content (AvgIpc) is 2.60. The summed E-state index contributed by atoms with van der Waals surface area (Å²) in [6.45, 7) is 1.88. The molecule has 0 heterocycles. The van der Waals surface area contributed by atoms with Gasteiger partial charge in [-0.1, -0.05) is 54.1 Å². The summed E-state index contributed by atoms with van der Waals surface area (Å²) in [6, 6.07) is 15.6. The van der Waals surface area contributed by atoms with Crippen molar-refractivity contribution in [3.05, 3.63) is 65.7 Å². The molecule has 0 aliphatic carbocycles. The predicted octanol–water partition coefficient (Wildman–Crippen LogP) is 4.13. The lowest BCUT2D eigenvalue weighted by molar-refractivity contribution is -0.142. The van der Waals surface area contributed by atoms with Crippen molar-refractivity contribution in [2.24, 2.45) is 10.2 Å².